The highest BCUT2D eigenvalue weighted by atomic mass is 79.9. The first-order valence-corrected chi connectivity index (χ1v) is 6.56. The third-order valence-corrected chi connectivity index (χ3v) is 3.23. The third-order valence-electron chi connectivity index (χ3n) is 2.57. The predicted molar refractivity (Wildman–Crippen MR) is 72.6 cm³/mol. The van der Waals surface area contributed by atoms with E-state index >= 15 is 0 Å². The molecule has 1 rings (SSSR count). The maximum Gasteiger partial charge on any atom is 0.254 e. The van der Waals surface area contributed by atoms with Gasteiger partial charge in [-0.3, -0.25) is 4.79 Å². The average Bonchev–Trinajstić information content (AvgIpc) is 2.35. The average molecular weight is 300 g/mol. The van der Waals surface area contributed by atoms with Crippen LogP contribution in [0.25, 0.3) is 0 Å². The smallest absolute Gasteiger partial charge is 0.254 e. The van der Waals surface area contributed by atoms with Gasteiger partial charge in [0.1, 0.15) is 5.75 Å². The summed E-state index contributed by atoms with van der Waals surface area (Å²) in [5.74, 6) is 0.802. The van der Waals surface area contributed by atoms with E-state index in [1.54, 1.807) is 19.2 Å². The lowest BCUT2D eigenvalue weighted by Crippen LogP contribution is -2.31. The fourth-order valence-corrected chi connectivity index (χ4v) is 2.17. The lowest BCUT2D eigenvalue weighted by atomic mass is 10.2. The highest BCUT2D eigenvalue weighted by Gasteiger charge is 2.16. The second-order valence-electron chi connectivity index (χ2n) is 3.73. The number of hydrogen-bond donors (Lipinski definition) is 0. The molecule has 0 bridgehead atoms. The van der Waals surface area contributed by atoms with Crippen LogP contribution in [0.1, 0.15) is 30.6 Å². The van der Waals surface area contributed by atoms with Crippen LogP contribution >= 0.6 is 15.9 Å². The molecule has 0 atom stereocenters. The molecule has 1 aromatic carbocycles. The van der Waals surface area contributed by atoms with Crippen LogP contribution in [-0.2, 0) is 0 Å². The zero-order valence-corrected chi connectivity index (χ0v) is 12.1. The second-order valence-corrected chi connectivity index (χ2v) is 4.58. The Bertz CT molecular complexity index is 393. The Balaban J connectivity index is 2.95. The largest absolute Gasteiger partial charge is 0.497 e. The van der Waals surface area contributed by atoms with E-state index in [1.165, 1.54) is 0 Å². The number of nitrogens with zero attached hydrogens (tertiary/aromatic N) is 1. The molecule has 0 aliphatic heterocycles. The molecular weight excluding hydrogens is 282 g/mol. The van der Waals surface area contributed by atoms with Gasteiger partial charge in [-0.05, 0) is 47.5 Å². The summed E-state index contributed by atoms with van der Waals surface area (Å²) in [5.41, 5.74) is 0.682. The van der Waals surface area contributed by atoms with Crippen LogP contribution in [0.2, 0.25) is 0 Å². The van der Waals surface area contributed by atoms with E-state index in [2.05, 4.69) is 22.9 Å². The number of benzene rings is 1. The third kappa shape index (κ3) is 3.46. The second kappa shape index (κ2) is 6.64. The van der Waals surface area contributed by atoms with Gasteiger partial charge in [0.05, 0.1) is 12.7 Å². The van der Waals surface area contributed by atoms with Gasteiger partial charge in [-0.15, -0.1) is 0 Å². The molecule has 0 heterocycles. The number of carbonyl (C=O) groups is 1. The van der Waals surface area contributed by atoms with Gasteiger partial charge in [0.25, 0.3) is 5.91 Å². The van der Waals surface area contributed by atoms with Crippen molar-refractivity contribution in [3.05, 3.63) is 28.2 Å². The molecule has 4 heteroatoms. The van der Waals surface area contributed by atoms with E-state index in [4.69, 9.17) is 4.74 Å². The fourth-order valence-electron chi connectivity index (χ4n) is 1.64. The summed E-state index contributed by atoms with van der Waals surface area (Å²) >= 11 is 3.41. The molecule has 1 amide bonds. The summed E-state index contributed by atoms with van der Waals surface area (Å²) in [7, 11) is 1.61. The van der Waals surface area contributed by atoms with Crippen LogP contribution in [0, 0.1) is 0 Å². The van der Waals surface area contributed by atoms with E-state index in [9.17, 15) is 4.79 Å². The number of rotatable bonds is 5. The Morgan fingerprint density at radius 3 is 2.59 bits per heavy atom. The molecule has 0 saturated heterocycles. The zero-order chi connectivity index (χ0) is 12.8. The van der Waals surface area contributed by atoms with Crippen molar-refractivity contribution < 1.29 is 9.53 Å². The van der Waals surface area contributed by atoms with Crippen LogP contribution in [0.5, 0.6) is 5.75 Å². The van der Waals surface area contributed by atoms with Gasteiger partial charge < -0.3 is 9.64 Å². The van der Waals surface area contributed by atoms with Crippen molar-refractivity contribution in [3.63, 3.8) is 0 Å². The first-order valence-electron chi connectivity index (χ1n) is 5.76. The zero-order valence-electron chi connectivity index (χ0n) is 10.5. The number of ether oxygens (including phenoxy) is 1. The first kappa shape index (κ1) is 14.0. The van der Waals surface area contributed by atoms with Crippen LogP contribution in [0.3, 0.4) is 0 Å². The van der Waals surface area contributed by atoms with Crippen LogP contribution < -0.4 is 4.74 Å². The molecule has 3 nitrogen and oxygen atoms in total. The molecular formula is C13H18BrNO2. The minimum atomic E-state index is 0.0591. The molecule has 0 N–H and O–H groups in total. The quantitative estimate of drug-likeness (QED) is 0.835. The molecule has 17 heavy (non-hydrogen) atoms. The van der Waals surface area contributed by atoms with Crippen molar-refractivity contribution >= 4 is 21.8 Å². The molecule has 0 unspecified atom stereocenters. The highest BCUT2D eigenvalue weighted by molar-refractivity contribution is 9.10. The van der Waals surface area contributed by atoms with Crippen molar-refractivity contribution in [1.29, 1.82) is 0 Å². The number of carbonyl (C=O) groups excluding carboxylic acids is 1. The van der Waals surface area contributed by atoms with Crippen LogP contribution in [0.15, 0.2) is 22.7 Å². The summed E-state index contributed by atoms with van der Waals surface area (Å²) in [6.45, 7) is 5.57. The van der Waals surface area contributed by atoms with E-state index in [-0.39, 0.29) is 5.91 Å². The summed E-state index contributed by atoms with van der Waals surface area (Å²) in [5, 5.41) is 0. The van der Waals surface area contributed by atoms with Crippen LogP contribution in [-0.4, -0.2) is 31.0 Å². The number of hydrogen-bond acceptors (Lipinski definition) is 2. The molecule has 0 fully saturated rings. The van der Waals surface area contributed by atoms with E-state index < -0.39 is 0 Å². The van der Waals surface area contributed by atoms with Crippen molar-refractivity contribution in [2.75, 3.05) is 20.2 Å². The van der Waals surface area contributed by atoms with Gasteiger partial charge in [-0.25, -0.2) is 0 Å². The number of halogens is 1. The Hall–Kier alpha value is -1.03. The molecule has 0 spiro atoms. The van der Waals surface area contributed by atoms with E-state index in [0.717, 1.165) is 29.7 Å². The predicted octanol–water partition coefficient (Wildman–Crippen LogP) is 3.33. The minimum absolute atomic E-state index is 0.0591. The first-order chi connectivity index (χ1) is 8.13. The highest BCUT2D eigenvalue weighted by Crippen LogP contribution is 2.24. The van der Waals surface area contributed by atoms with Gasteiger partial charge in [-0.1, -0.05) is 6.92 Å². The topological polar surface area (TPSA) is 29.5 Å². The van der Waals surface area contributed by atoms with Crippen molar-refractivity contribution in [2.24, 2.45) is 0 Å². The molecule has 0 aliphatic carbocycles. The lowest BCUT2D eigenvalue weighted by Gasteiger charge is -2.20. The van der Waals surface area contributed by atoms with Gasteiger partial charge in [0, 0.05) is 17.6 Å². The van der Waals surface area contributed by atoms with E-state index in [0.29, 0.717) is 5.56 Å². The Morgan fingerprint density at radius 1 is 1.41 bits per heavy atom. The monoisotopic (exact) mass is 299 g/mol. The molecule has 0 saturated carbocycles. The van der Waals surface area contributed by atoms with Gasteiger partial charge in [-0.2, -0.15) is 0 Å². The Kier molecular flexibility index (Phi) is 5.48. The fraction of sp³-hybridized carbons (Fsp3) is 0.462. The molecule has 1 aromatic rings. The van der Waals surface area contributed by atoms with Gasteiger partial charge >= 0.3 is 0 Å². The van der Waals surface area contributed by atoms with Crippen molar-refractivity contribution in [2.45, 2.75) is 20.3 Å². The summed E-state index contributed by atoms with van der Waals surface area (Å²) < 4.78 is 5.88. The number of methoxy groups -OCH3 is 1. The minimum Gasteiger partial charge on any atom is -0.497 e. The Labute approximate surface area is 111 Å². The summed E-state index contributed by atoms with van der Waals surface area (Å²) in [6.07, 6.45) is 0.966. The molecule has 0 radical (unpaired) electrons. The summed E-state index contributed by atoms with van der Waals surface area (Å²) in [4.78, 5) is 14.1. The molecule has 0 aromatic heterocycles. The van der Waals surface area contributed by atoms with Gasteiger partial charge in [0.2, 0.25) is 0 Å². The van der Waals surface area contributed by atoms with Gasteiger partial charge in [0.15, 0.2) is 0 Å². The normalized spacial score (nSPS) is 10.1. The molecule has 94 valence electrons. The van der Waals surface area contributed by atoms with Crippen molar-refractivity contribution in [1.82, 2.24) is 4.90 Å². The van der Waals surface area contributed by atoms with E-state index in [1.807, 2.05) is 17.9 Å². The van der Waals surface area contributed by atoms with Crippen molar-refractivity contribution in [3.8, 4) is 5.75 Å². The lowest BCUT2D eigenvalue weighted by molar-refractivity contribution is 0.0763. The summed E-state index contributed by atoms with van der Waals surface area (Å²) in [6, 6.07) is 5.41. The Morgan fingerprint density at radius 2 is 2.12 bits per heavy atom. The standard InChI is InChI=1S/C13H18BrNO2/c1-4-8-15(5-2)13(16)11-7-6-10(17-3)9-12(11)14/h6-7,9H,4-5,8H2,1-3H3. The molecule has 0 aliphatic rings. The SMILES string of the molecule is CCCN(CC)C(=O)c1ccc(OC)cc1Br. The maximum absolute atomic E-state index is 12.2. The maximum atomic E-state index is 12.2. The number of amides is 1. The van der Waals surface area contributed by atoms with Crippen LogP contribution in [0.4, 0.5) is 0 Å².